The summed E-state index contributed by atoms with van der Waals surface area (Å²) in [4.78, 5) is 23.3. The number of benzene rings is 1. The number of halogens is 1. The van der Waals surface area contributed by atoms with Crippen LogP contribution in [0.5, 0.6) is 0 Å². The van der Waals surface area contributed by atoms with Crippen molar-refractivity contribution in [2.45, 2.75) is 0 Å². The quantitative estimate of drug-likeness (QED) is 0.530. The highest BCUT2D eigenvalue weighted by atomic mass is 35.5. The van der Waals surface area contributed by atoms with E-state index in [1.165, 1.54) is 6.33 Å². The van der Waals surface area contributed by atoms with E-state index in [-0.39, 0.29) is 5.15 Å². The molecule has 92 valence electrons. The molecular formula is C14H8ClN3O. The molecule has 0 saturated heterocycles. The fraction of sp³-hybridized carbons (Fsp3) is 0. The monoisotopic (exact) mass is 269 g/mol. The molecule has 0 atom stereocenters. The number of rotatable bonds is 2. The lowest BCUT2D eigenvalue weighted by Crippen LogP contribution is -1.96. The van der Waals surface area contributed by atoms with Crippen molar-refractivity contribution in [3.05, 3.63) is 53.7 Å². The Balaban J connectivity index is 2.37. The van der Waals surface area contributed by atoms with E-state index in [0.29, 0.717) is 17.5 Å². The maximum atomic E-state index is 11.2. The second kappa shape index (κ2) is 4.74. The van der Waals surface area contributed by atoms with Crippen molar-refractivity contribution >= 4 is 28.7 Å². The van der Waals surface area contributed by atoms with Gasteiger partial charge in [-0.15, -0.1) is 0 Å². The lowest BCUT2D eigenvalue weighted by Gasteiger charge is -2.08. The molecule has 3 aromatic rings. The van der Waals surface area contributed by atoms with Gasteiger partial charge in [-0.1, -0.05) is 29.8 Å². The maximum Gasteiger partial charge on any atom is 0.155 e. The van der Waals surface area contributed by atoms with Crippen molar-refractivity contribution in [2.24, 2.45) is 0 Å². The number of pyridine rings is 1. The van der Waals surface area contributed by atoms with E-state index in [1.54, 1.807) is 12.4 Å². The molecule has 0 amide bonds. The summed E-state index contributed by atoms with van der Waals surface area (Å²) in [6, 6.07) is 7.63. The second-order valence-corrected chi connectivity index (χ2v) is 4.31. The van der Waals surface area contributed by atoms with E-state index in [4.69, 9.17) is 11.6 Å². The Morgan fingerprint density at radius 2 is 2.05 bits per heavy atom. The minimum atomic E-state index is 0.158. The third kappa shape index (κ3) is 1.96. The average molecular weight is 270 g/mol. The van der Waals surface area contributed by atoms with Gasteiger partial charge in [-0.05, 0) is 11.5 Å². The van der Waals surface area contributed by atoms with E-state index in [1.807, 2.05) is 24.3 Å². The fourth-order valence-electron chi connectivity index (χ4n) is 2.02. The first-order valence-electron chi connectivity index (χ1n) is 5.60. The summed E-state index contributed by atoms with van der Waals surface area (Å²) in [6.07, 6.45) is 5.50. The zero-order chi connectivity index (χ0) is 13.2. The van der Waals surface area contributed by atoms with Crippen LogP contribution in [0, 0.1) is 0 Å². The van der Waals surface area contributed by atoms with Crippen LogP contribution >= 0.6 is 11.6 Å². The molecule has 0 radical (unpaired) electrons. The summed E-state index contributed by atoms with van der Waals surface area (Å²) in [7, 11) is 0. The summed E-state index contributed by atoms with van der Waals surface area (Å²) < 4.78 is 0. The molecule has 0 unspecified atom stereocenters. The Bertz CT molecular complexity index is 768. The minimum Gasteiger partial charge on any atom is -0.298 e. The van der Waals surface area contributed by atoms with Crippen LogP contribution < -0.4 is 0 Å². The second-order valence-electron chi connectivity index (χ2n) is 3.95. The molecule has 3 rings (SSSR count). The third-order valence-electron chi connectivity index (χ3n) is 2.89. The van der Waals surface area contributed by atoms with Gasteiger partial charge in [0.25, 0.3) is 0 Å². The predicted octanol–water partition coefficient (Wildman–Crippen LogP) is 3.16. The molecule has 2 aromatic heterocycles. The summed E-state index contributed by atoms with van der Waals surface area (Å²) in [5.41, 5.74) is 1.67. The summed E-state index contributed by atoms with van der Waals surface area (Å²) in [5.74, 6) is 0. The van der Waals surface area contributed by atoms with E-state index < -0.39 is 0 Å². The molecule has 0 N–H and O–H groups in total. The molecule has 0 bridgehead atoms. The molecule has 1 aromatic carbocycles. The first-order valence-corrected chi connectivity index (χ1v) is 5.98. The van der Waals surface area contributed by atoms with Crippen molar-refractivity contribution in [1.29, 1.82) is 0 Å². The van der Waals surface area contributed by atoms with Crippen LogP contribution in [0.2, 0.25) is 5.15 Å². The lowest BCUT2D eigenvalue weighted by atomic mass is 10.0. The highest BCUT2D eigenvalue weighted by Crippen LogP contribution is 2.30. The molecule has 0 aliphatic rings. The van der Waals surface area contributed by atoms with Crippen LogP contribution in [0.25, 0.3) is 22.0 Å². The van der Waals surface area contributed by atoms with Gasteiger partial charge >= 0.3 is 0 Å². The third-order valence-corrected chi connectivity index (χ3v) is 3.19. The smallest absolute Gasteiger partial charge is 0.155 e. The molecule has 0 saturated carbocycles. The molecule has 5 heteroatoms. The van der Waals surface area contributed by atoms with Crippen LogP contribution in [0.15, 0.2) is 43.0 Å². The van der Waals surface area contributed by atoms with Gasteiger partial charge in [0.05, 0.1) is 11.3 Å². The highest BCUT2D eigenvalue weighted by molar-refractivity contribution is 6.32. The number of hydrogen-bond donors (Lipinski definition) is 0. The normalized spacial score (nSPS) is 10.6. The topological polar surface area (TPSA) is 55.7 Å². The van der Waals surface area contributed by atoms with Crippen LogP contribution in [-0.4, -0.2) is 21.2 Å². The van der Waals surface area contributed by atoms with Gasteiger partial charge in [0.1, 0.15) is 11.5 Å². The van der Waals surface area contributed by atoms with Gasteiger partial charge in [-0.3, -0.25) is 9.78 Å². The largest absolute Gasteiger partial charge is 0.298 e. The average Bonchev–Trinajstić information content (AvgIpc) is 2.46. The van der Waals surface area contributed by atoms with E-state index in [9.17, 15) is 4.79 Å². The Morgan fingerprint density at radius 1 is 1.16 bits per heavy atom. The number of nitrogens with zero attached hydrogens (tertiary/aromatic N) is 3. The number of hydrogen-bond acceptors (Lipinski definition) is 4. The molecule has 0 spiro atoms. The van der Waals surface area contributed by atoms with E-state index >= 15 is 0 Å². The number of aldehydes is 1. The number of fused-ring (bicyclic) bond motifs is 1. The van der Waals surface area contributed by atoms with Crippen molar-refractivity contribution in [1.82, 2.24) is 15.0 Å². The molecule has 4 nitrogen and oxygen atoms in total. The van der Waals surface area contributed by atoms with Crippen molar-refractivity contribution in [3.8, 4) is 11.3 Å². The van der Waals surface area contributed by atoms with Crippen molar-refractivity contribution in [2.75, 3.05) is 0 Å². The van der Waals surface area contributed by atoms with Gasteiger partial charge < -0.3 is 0 Å². The Hall–Kier alpha value is -2.33. The number of aromatic nitrogens is 3. The molecule has 0 aliphatic heterocycles. The molecule has 0 aliphatic carbocycles. The predicted molar refractivity (Wildman–Crippen MR) is 73.2 cm³/mol. The van der Waals surface area contributed by atoms with Gasteiger partial charge in [-0.2, -0.15) is 0 Å². The van der Waals surface area contributed by atoms with E-state index in [0.717, 1.165) is 16.3 Å². The number of carbonyl (C=O) groups is 1. The molecule has 0 fully saturated rings. The fourth-order valence-corrected chi connectivity index (χ4v) is 2.20. The molecular weight excluding hydrogens is 262 g/mol. The van der Waals surface area contributed by atoms with Gasteiger partial charge in [0.15, 0.2) is 6.29 Å². The molecule has 2 heterocycles. The zero-order valence-corrected chi connectivity index (χ0v) is 10.5. The van der Waals surface area contributed by atoms with E-state index in [2.05, 4.69) is 15.0 Å². The Morgan fingerprint density at radius 3 is 2.89 bits per heavy atom. The first kappa shape index (κ1) is 11.7. The SMILES string of the molecule is O=Cc1c(Cl)ncnc1-c1cccc2cnccc12. The Kier molecular flexibility index (Phi) is 2.93. The summed E-state index contributed by atoms with van der Waals surface area (Å²) in [6.45, 7) is 0. The van der Waals surface area contributed by atoms with Gasteiger partial charge in [0, 0.05) is 23.3 Å². The van der Waals surface area contributed by atoms with Crippen LogP contribution in [0.3, 0.4) is 0 Å². The Labute approximate surface area is 114 Å². The zero-order valence-electron chi connectivity index (χ0n) is 9.75. The van der Waals surface area contributed by atoms with Crippen LogP contribution in [-0.2, 0) is 0 Å². The van der Waals surface area contributed by atoms with Crippen molar-refractivity contribution in [3.63, 3.8) is 0 Å². The van der Waals surface area contributed by atoms with Crippen LogP contribution in [0.4, 0.5) is 0 Å². The van der Waals surface area contributed by atoms with Crippen LogP contribution in [0.1, 0.15) is 10.4 Å². The summed E-state index contributed by atoms with van der Waals surface area (Å²) >= 11 is 5.94. The highest BCUT2D eigenvalue weighted by Gasteiger charge is 2.13. The van der Waals surface area contributed by atoms with Crippen molar-refractivity contribution < 1.29 is 4.79 Å². The lowest BCUT2D eigenvalue weighted by molar-refractivity contribution is 0.112. The van der Waals surface area contributed by atoms with Gasteiger partial charge in [-0.25, -0.2) is 9.97 Å². The summed E-state index contributed by atoms with van der Waals surface area (Å²) in [5, 5.41) is 2.10. The first-order chi connectivity index (χ1) is 9.31. The molecule has 19 heavy (non-hydrogen) atoms. The minimum absolute atomic E-state index is 0.158. The maximum absolute atomic E-state index is 11.2. The van der Waals surface area contributed by atoms with Gasteiger partial charge in [0.2, 0.25) is 0 Å². The standard InChI is InChI=1S/C14H8ClN3O/c15-14-12(7-19)13(17-8-18-14)11-3-1-2-9-6-16-5-4-10(9)11/h1-8H. The number of carbonyl (C=O) groups excluding carboxylic acids is 1.